The maximum atomic E-state index is 6.07. The molecule has 0 bridgehead atoms. The maximum absolute atomic E-state index is 6.07. The Labute approximate surface area is 119 Å². The summed E-state index contributed by atoms with van der Waals surface area (Å²) in [6, 6.07) is 6.30. The molecule has 3 rings (SSSR count). The van der Waals surface area contributed by atoms with E-state index in [-0.39, 0.29) is 0 Å². The Morgan fingerprint density at radius 3 is 2.63 bits per heavy atom. The normalized spacial score (nSPS) is 11.4. The Morgan fingerprint density at radius 1 is 1.26 bits per heavy atom. The van der Waals surface area contributed by atoms with Crippen molar-refractivity contribution in [3.05, 3.63) is 34.6 Å². The van der Waals surface area contributed by atoms with E-state index in [9.17, 15) is 0 Å². The summed E-state index contributed by atoms with van der Waals surface area (Å²) in [5.41, 5.74) is 11.3. The fraction of sp³-hybridized carbons (Fsp3) is 0.214. The van der Waals surface area contributed by atoms with Crippen LogP contribution in [0.5, 0.6) is 0 Å². The van der Waals surface area contributed by atoms with Crippen molar-refractivity contribution in [2.24, 2.45) is 14.1 Å². The second-order valence-corrected chi connectivity index (χ2v) is 5.67. The number of aromatic nitrogens is 3. The van der Waals surface area contributed by atoms with Gasteiger partial charge in [0.15, 0.2) is 0 Å². The molecule has 0 saturated carbocycles. The molecule has 0 aliphatic heterocycles. The van der Waals surface area contributed by atoms with Crippen LogP contribution in [0.15, 0.2) is 28.9 Å². The number of benzene rings is 1. The van der Waals surface area contributed by atoms with Crippen molar-refractivity contribution in [2.45, 2.75) is 6.92 Å². The number of hydrogen-bond donors (Lipinski definition) is 1. The number of hydrogen-bond acceptors (Lipinski definition) is 2. The van der Waals surface area contributed by atoms with Crippen molar-refractivity contribution < 1.29 is 0 Å². The summed E-state index contributed by atoms with van der Waals surface area (Å²) in [6.07, 6.45) is 1.70. The number of halogens is 1. The zero-order valence-corrected chi connectivity index (χ0v) is 12.7. The summed E-state index contributed by atoms with van der Waals surface area (Å²) in [5, 5.41) is 5.43. The molecule has 4 nitrogen and oxygen atoms in total. The summed E-state index contributed by atoms with van der Waals surface area (Å²) in [7, 11) is 3.99. The van der Waals surface area contributed by atoms with Gasteiger partial charge in [-0.25, -0.2) is 0 Å². The SMILES string of the molecule is Cc1c(-c2c(N)cnn2C)c2ccc(Br)cc2n1C. The topological polar surface area (TPSA) is 48.8 Å². The average molecular weight is 319 g/mol. The van der Waals surface area contributed by atoms with Gasteiger partial charge in [-0.1, -0.05) is 22.0 Å². The number of nitrogens with two attached hydrogens (primary N) is 1. The summed E-state index contributed by atoms with van der Waals surface area (Å²) in [6.45, 7) is 2.11. The fourth-order valence-electron chi connectivity index (χ4n) is 2.60. The molecule has 2 heterocycles. The first kappa shape index (κ1) is 12.3. The van der Waals surface area contributed by atoms with Gasteiger partial charge in [0.25, 0.3) is 0 Å². The van der Waals surface area contributed by atoms with E-state index >= 15 is 0 Å². The summed E-state index contributed by atoms with van der Waals surface area (Å²) in [5.74, 6) is 0. The van der Waals surface area contributed by atoms with Crippen LogP contribution in [0.1, 0.15) is 5.69 Å². The van der Waals surface area contributed by atoms with Crippen molar-refractivity contribution in [2.75, 3.05) is 5.73 Å². The Balaban J connectivity index is 2.45. The molecule has 0 aliphatic rings. The quantitative estimate of drug-likeness (QED) is 0.748. The summed E-state index contributed by atoms with van der Waals surface area (Å²) >= 11 is 3.52. The molecular weight excluding hydrogens is 304 g/mol. The average Bonchev–Trinajstić information content (AvgIpc) is 2.81. The Kier molecular flexibility index (Phi) is 2.67. The second kappa shape index (κ2) is 4.13. The Hall–Kier alpha value is -1.75. The summed E-state index contributed by atoms with van der Waals surface area (Å²) in [4.78, 5) is 0. The van der Waals surface area contributed by atoms with E-state index in [4.69, 9.17) is 5.73 Å². The number of fused-ring (bicyclic) bond motifs is 1. The van der Waals surface area contributed by atoms with Crippen molar-refractivity contribution >= 4 is 32.5 Å². The molecule has 0 saturated heterocycles. The number of nitrogens with zero attached hydrogens (tertiary/aromatic N) is 3. The minimum absolute atomic E-state index is 0.709. The van der Waals surface area contributed by atoms with Gasteiger partial charge in [0, 0.05) is 40.7 Å². The standard InChI is InChI=1S/C14H15BrN4/c1-8-13(14-11(16)7-17-19(14)3)10-5-4-9(15)6-12(10)18(8)2/h4-7H,16H2,1-3H3. The molecule has 5 heteroatoms. The molecule has 0 atom stereocenters. The van der Waals surface area contributed by atoms with Crippen molar-refractivity contribution in [1.82, 2.24) is 14.3 Å². The molecule has 3 aromatic rings. The van der Waals surface area contributed by atoms with E-state index in [1.165, 1.54) is 16.6 Å². The molecule has 0 fully saturated rings. The van der Waals surface area contributed by atoms with Crippen LogP contribution in [0.4, 0.5) is 5.69 Å². The minimum atomic E-state index is 0.709. The molecule has 0 amide bonds. The second-order valence-electron chi connectivity index (χ2n) is 4.75. The van der Waals surface area contributed by atoms with Gasteiger partial charge < -0.3 is 10.3 Å². The third-order valence-electron chi connectivity index (χ3n) is 3.66. The number of aryl methyl sites for hydroxylation is 2. The van der Waals surface area contributed by atoms with E-state index in [0.717, 1.165) is 15.7 Å². The molecule has 2 aromatic heterocycles. The third kappa shape index (κ3) is 1.69. The molecule has 0 radical (unpaired) electrons. The smallest absolute Gasteiger partial charge is 0.0932 e. The first-order valence-corrected chi connectivity index (χ1v) is 6.82. The first-order valence-electron chi connectivity index (χ1n) is 6.03. The van der Waals surface area contributed by atoms with Crippen LogP contribution in [0.2, 0.25) is 0 Å². The predicted molar refractivity (Wildman–Crippen MR) is 82.0 cm³/mol. The molecule has 0 spiro atoms. The molecule has 19 heavy (non-hydrogen) atoms. The van der Waals surface area contributed by atoms with Crippen LogP contribution in [0.3, 0.4) is 0 Å². The fourth-order valence-corrected chi connectivity index (χ4v) is 2.95. The van der Waals surface area contributed by atoms with Gasteiger partial charge in [-0.2, -0.15) is 5.10 Å². The largest absolute Gasteiger partial charge is 0.396 e. The lowest BCUT2D eigenvalue weighted by Crippen LogP contribution is -1.98. The zero-order chi connectivity index (χ0) is 13.7. The molecular formula is C14H15BrN4. The van der Waals surface area contributed by atoms with E-state index in [2.05, 4.69) is 57.8 Å². The highest BCUT2D eigenvalue weighted by Crippen LogP contribution is 2.37. The number of anilines is 1. The molecule has 0 aliphatic carbocycles. The number of rotatable bonds is 1. The van der Waals surface area contributed by atoms with Crippen LogP contribution in [-0.4, -0.2) is 14.3 Å². The van der Waals surface area contributed by atoms with Crippen molar-refractivity contribution in [1.29, 1.82) is 0 Å². The molecule has 98 valence electrons. The van der Waals surface area contributed by atoms with Crippen molar-refractivity contribution in [3.8, 4) is 11.3 Å². The Bertz CT molecular complexity index is 763. The van der Waals surface area contributed by atoms with Gasteiger partial charge in [0.2, 0.25) is 0 Å². The van der Waals surface area contributed by atoms with E-state index < -0.39 is 0 Å². The van der Waals surface area contributed by atoms with Gasteiger partial charge in [-0.3, -0.25) is 4.68 Å². The predicted octanol–water partition coefficient (Wildman–Crippen LogP) is 3.23. The lowest BCUT2D eigenvalue weighted by molar-refractivity contribution is 0.775. The van der Waals surface area contributed by atoms with Crippen LogP contribution in [-0.2, 0) is 14.1 Å². The maximum Gasteiger partial charge on any atom is 0.0932 e. The highest BCUT2D eigenvalue weighted by atomic mass is 79.9. The van der Waals surface area contributed by atoms with Crippen LogP contribution < -0.4 is 5.73 Å². The van der Waals surface area contributed by atoms with Gasteiger partial charge in [0.1, 0.15) is 0 Å². The van der Waals surface area contributed by atoms with E-state index in [0.29, 0.717) is 5.69 Å². The summed E-state index contributed by atoms with van der Waals surface area (Å²) < 4.78 is 5.09. The highest BCUT2D eigenvalue weighted by molar-refractivity contribution is 9.10. The molecule has 0 unspecified atom stereocenters. The lowest BCUT2D eigenvalue weighted by Gasteiger charge is -2.05. The van der Waals surface area contributed by atoms with Gasteiger partial charge in [-0.15, -0.1) is 0 Å². The van der Waals surface area contributed by atoms with Gasteiger partial charge in [0.05, 0.1) is 17.6 Å². The van der Waals surface area contributed by atoms with Crippen LogP contribution >= 0.6 is 15.9 Å². The lowest BCUT2D eigenvalue weighted by atomic mass is 10.1. The van der Waals surface area contributed by atoms with E-state index in [1.807, 2.05) is 11.7 Å². The van der Waals surface area contributed by atoms with E-state index in [1.54, 1.807) is 6.20 Å². The minimum Gasteiger partial charge on any atom is -0.396 e. The van der Waals surface area contributed by atoms with Crippen LogP contribution in [0, 0.1) is 6.92 Å². The van der Waals surface area contributed by atoms with Gasteiger partial charge >= 0.3 is 0 Å². The monoisotopic (exact) mass is 318 g/mol. The van der Waals surface area contributed by atoms with Crippen molar-refractivity contribution in [3.63, 3.8) is 0 Å². The zero-order valence-electron chi connectivity index (χ0n) is 11.1. The first-order chi connectivity index (χ1) is 9.00. The highest BCUT2D eigenvalue weighted by Gasteiger charge is 2.18. The Morgan fingerprint density at radius 2 is 2.00 bits per heavy atom. The molecule has 1 aromatic carbocycles. The van der Waals surface area contributed by atoms with Gasteiger partial charge in [-0.05, 0) is 19.1 Å². The van der Waals surface area contributed by atoms with Crippen LogP contribution in [0.25, 0.3) is 22.2 Å². The molecule has 2 N–H and O–H groups in total. The third-order valence-corrected chi connectivity index (χ3v) is 4.15. The number of nitrogen functional groups attached to an aromatic ring is 1.